The van der Waals surface area contributed by atoms with Crippen molar-refractivity contribution in [3.05, 3.63) is 53.6 Å². The first kappa shape index (κ1) is 22.3. The molecule has 10 heteroatoms. The van der Waals surface area contributed by atoms with Crippen molar-refractivity contribution < 1.29 is 27.5 Å². The van der Waals surface area contributed by atoms with Crippen LogP contribution in [-0.4, -0.2) is 39.0 Å². The number of sulfone groups is 1. The summed E-state index contributed by atoms with van der Waals surface area (Å²) in [7, 11) is -3.34. The van der Waals surface area contributed by atoms with E-state index in [9.17, 15) is 22.8 Å². The molecule has 0 saturated heterocycles. The minimum absolute atomic E-state index is 0.00481. The number of ether oxygens (including phenoxy) is 1. The van der Waals surface area contributed by atoms with Gasteiger partial charge >= 0.3 is 0 Å². The minimum atomic E-state index is -3.34. The van der Waals surface area contributed by atoms with E-state index >= 15 is 0 Å². The number of hydrogen-bond donors (Lipinski definition) is 3. The fourth-order valence-electron chi connectivity index (χ4n) is 2.99. The van der Waals surface area contributed by atoms with Crippen LogP contribution in [0.3, 0.4) is 0 Å². The number of benzene rings is 2. The zero-order valence-electron chi connectivity index (χ0n) is 16.9. The molecule has 0 bridgehead atoms. The fourth-order valence-corrected chi connectivity index (χ4v) is 3.62. The van der Waals surface area contributed by atoms with Gasteiger partial charge < -0.3 is 10.1 Å². The SMILES string of the molecule is CS(=O)(=O)c1ccc(C(=O)NNC(=O)CCCOc2ccc3c(c2)CCC(=O)N3)cc1. The van der Waals surface area contributed by atoms with Gasteiger partial charge in [-0.1, -0.05) is 0 Å². The number of fused-ring (bicyclic) bond motifs is 1. The lowest BCUT2D eigenvalue weighted by Gasteiger charge is -2.17. The minimum Gasteiger partial charge on any atom is -0.494 e. The van der Waals surface area contributed by atoms with Gasteiger partial charge in [0.1, 0.15) is 5.75 Å². The van der Waals surface area contributed by atoms with Gasteiger partial charge in [-0.25, -0.2) is 8.42 Å². The molecule has 0 aliphatic carbocycles. The normalized spacial score (nSPS) is 13.0. The average Bonchev–Trinajstić information content (AvgIpc) is 2.74. The molecule has 0 unspecified atom stereocenters. The quantitative estimate of drug-likeness (QED) is 0.438. The largest absolute Gasteiger partial charge is 0.494 e. The van der Waals surface area contributed by atoms with Crippen LogP contribution in [0, 0.1) is 0 Å². The molecular formula is C21H23N3O6S. The Hall–Kier alpha value is -3.40. The lowest BCUT2D eigenvalue weighted by atomic mass is 10.0. The van der Waals surface area contributed by atoms with Gasteiger partial charge in [-0.3, -0.25) is 25.2 Å². The number of rotatable bonds is 7. The number of anilines is 1. The Bertz CT molecular complexity index is 1100. The van der Waals surface area contributed by atoms with E-state index in [1.165, 1.54) is 24.3 Å². The highest BCUT2D eigenvalue weighted by molar-refractivity contribution is 7.90. The Balaban J connectivity index is 1.38. The number of carbonyl (C=O) groups excluding carboxylic acids is 3. The molecule has 1 heterocycles. The number of hydrazine groups is 1. The Morgan fingerprint density at radius 3 is 2.52 bits per heavy atom. The Kier molecular flexibility index (Phi) is 6.91. The van der Waals surface area contributed by atoms with Crippen LogP contribution in [0.5, 0.6) is 5.75 Å². The smallest absolute Gasteiger partial charge is 0.269 e. The third kappa shape index (κ3) is 6.29. The van der Waals surface area contributed by atoms with Crippen LogP contribution in [-0.2, 0) is 25.8 Å². The molecule has 2 aromatic rings. The van der Waals surface area contributed by atoms with Crippen molar-refractivity contribution in [1.29, 1.82) is 0 Å². The monoisotopic (exact) mass is 445 g/mol. The van der Waals surface area contributed by atoms with E-state index in [1.54, 1.807) is 12.1 Å². The number of amides is 3. The van der Waals surface area contributed by atoms with Crippen molar-refractivity contribution in [3.63, 3.8) is 0 Å². The third-order valence-electron chi connectivity index (χ3n) is 4.65. The summed E-state index contributed by atoms with van der Waals surface area (Å²) in [6, 6.07) is 10.8. The molecule has 3 rings (SSSR count). The van der Waals surface area contributed by atoms with Crippen LogP contribution in [0.1, 0.15) is 35.2 Å². The highest BCUT2D eigenvalue weighted by atomic mass is 32.2. The Labute approximate surface area is 180 Å². The summed E-state index contributed by atoms with van der Waals surface area (Å²) in [6.45, 7) is 0.319. The van der Waals surface area contributed by atoms with E-state index in [2.05, 4.69) is 16.2 Å². The van der Waals surface area contributed by atoms with Gasteiger partial charge in [0.25, 0.3) is 5.91 Å². The Morgan fingerprint density at radius 1 is 1.06 bits per heavy atom. The number of nitrogens with one attached hydrogen (secondary N) is 3. The molecule has 0 aromatic heterocycles. The second kappa shape index (κ2) is 9.61. The van der Waals surface area contributed by atoms with Crippen LogP contribution >= 0.6 is 0 Å². The maximum absolute atomic E-state index is 12.0. The molecule has 0 radical (unpaired) electrons. The maximum Gasteiger partial charge on any atom is 0.269 e. The van der Waals surface area contributed by atoms with E-state index in [1.807, 2.05) is 6.07 Å². The zero-order valence-corrected chi connectivity index (χ0v) is 17.8. The van der Waals surface area contributed by atoms with Crippen molar-refractivity contribution in [1.82, 2.24) is 10.9 Å². The zero-order chi connectivity index (χ0) is 22.4. The summed E-state index contributed by atoms with van der Waals surface area (Å²) < 4.78 is 28.5. The van der Waals surface area contributed by atoms with Crippen molar-refractivity contribution in [3.8, 4) is 5.75 Å². The van der Waals surface area contributed by atoms with E-state index in [4.69, 9.17) is 4.74 Å². The first-order valence-electron chi connectivity index (χ1n) is 9.67. The van der Waals surface area contributed by atoms with Crippen LogP contribution in [0.25, 0.3) is 0 Å². The van der Waals surface area contributed by atoms with Crippen LogP contribution < -0.4 is 20.9 Å². The van der Waals surface area contributed by atoms with Crippen LogP contribution in [0.15, 0.2) is 47.4 Å². The first-order chi connectivity index (χ1) is 14.7. The van der Waals surface area contributed by atoms with Gasteiger partial charge in [0.05, 0.1) is 11.5 Å². The predicted molar refractivity (Wildman–Crippen MR) is 113 cm³/mol. The van der Waals surface area contributed by atoms with E-state index in [0.29, 0.717) is 31.6 Å². The summed E-state index contributed by atoms with van der Waals surface area (Å²) in [5, 5.41) is 2.80. The third-order valence-corrected chi connectivity index (χ3v) is 5.78. The van der Waals surface area contributed by atoms with Crippen LogP contribution in [0.2, 0.25) is 0 Å². The van der Waals surface area contributed by atoms with Gasteiger partial charge in [-0.2, -0.15) is 0 Å². The topological polar surface area (TPSA) is 131 Å². The van der Waals surface area contributed by atoms with Crippen molar-refractivity contribution in [2.24, 2.45) is 0 Å². The molecule has 2 aromatic carbocycles. The lowest BCUT2D eigenvalue weighted by Crippen LogP contribution is -2.41. The van der Waals surface area contributed by atoms with Crippen molar-refractivity contribution >= 4 is 33.2 Å². The van der Waals surface area contributed by atoms with Gasteiger partial charge in [0.15, 0.2) is 9.84 Å². The van der Waals surface area contributed by atoms with Crippen LogP contribution in [0.4, 0.5) is 5.69 Å². The molecular weight excluding hydrogens is 422 g/mol. The van der Waals surface area contributed by atoms with E-state index < -0.39 is 15.7 Å². The lowest BCUT2D eigenvalue weighted by molar-refractivity contribution is -0.122. The van der Waals surface area contributed by atoms with Crippen molar-refractivity contribution in [2.45, 2.75) is 30.6 Å². The molecule has 3 N–H and O–H groups in total. The van der Waals surface area contributed by atoms with Gasteiger partial charge in [-0.05, 0) is 60.9 Å². The molecule has 0 fully saturated rings. The summed E-state index contributed by atoms with van der Waals surface area (Å²) in [5.41, 5.74) is 6.64. The summed E-state index contributed by atoms with van der Waals surface area (Å²) in [4.78, 5) is 35.4. The second-order valence-electron chi connectivity index (χ2n) is 7.12. The Morgan fingerprint density at radius 2 is 1.81 bits per heavy atom. The van der Waals surface area contributed by atoms with Crippen molar-refractivity contribution in [2.75, 3.05) is 18.2 Å². The molecule has 0 atom stereocenters. The summed E-state index contributed by atoms with van der Waals surface area (Å²) >= 11 is 0. The molecule has 0 saturated carbocycles. The summed E-state index contributed by atoms with van der Waals surface area (Å²) in [6.07, 6.45) is 2.78. The molecule has 164 valence electrons. The highest BCUT2D eigenvalue weighted by Gasteiger charge is 2.15. The summed E-state index contributed by atoms with van der Waals surface area (Å²) in [5.74, 6) is -0.255. The van der Waals surface area contributed by atoms with E-state index in [0.717, 1.165) is 17.5 Å². The van der Waals surface area contributed by atoms with E-state index in [-0.39, 0.29) is 28.7 Å². The fraction of sp³-hybridized carbons (Fsp3) is 0.286. The van der Waals surface area contributed by atoms with Gasteiger partial charge in [0, 0.05) is 30.3 Å². The first-order valence-corrected chi connectivity index (χ1v) is 11.6. The number of carbonyl (C=O) groups is 3. The molecule has 1 aliphatic heterocycles. The maximum atomic E-state index is 12.0. The van der Waals surface area contributed by atoms with Gasteiger partial charge in [-0.15, -0.1) is 0 Å². The molecule has 1 aliphatic rings. The molecule has 3 amide bonds. The van der Waals surface area contributed by atoms with Gasteiger partial charge in [0.2, 0.25) is 11.8 Å². The predicted octanol–water partition coefficient (Wildman–Crippen LogP) is 1.59. The number of aryl methyl sites for hydroxylation is 1. The molecule has 31 heavy (non-hydrogen) atoms. The second-order valence-corrected chi connectivity index (χ2v) is 9.13. The molecule has 9 nitrogen and oxygen atoms in total. The molecule has 0 spiro atoms. The highest BCUT2D eigenvalue weighted by Crippen LogP contribution is 2.26. The number of hydrogen-bond acceptors (Lipinski definition) is 6. The average molecular weight is 445 g/mol. The standard InChI is InChI=1S/C21H23N3O6S/c1-31(28,29)17-8-4-14(5-9-17)21(27)24-23-20(26)3-2-12-30-16-7-10-18-15(13-16)6-11-19(25)22-18/h4-5,7-10,13H,2-3,6,11-12H2,1H3,(H,22,25)(H,23,26)(H,24,27).